The van der Waals surface area contributed by atoms with Gasteiger partial charge in [-0.1, -0.05) is 12.1 Å². The molecule has 0 fully saturated rings. The third-order valence-electron chi connectivity index (χ3n) is 2.98. The van der Waals surface area contributed by atoms with E-state index in [9.17, 15) is 5.11 Å². The quantitative estimate of drug-likeness (QED) is 0.897. The van der Waals surface area contributed by atoms with Gasteiger partial charge in [-0.15, -0.1) is 0 Å². The summed E-state index contributed by atoms with van der Waals surface area (Å²) in [6.07, 6.45) is 1.25. The van der Waals surface area contributed by atoms with Crippen LogP contribution < -0.4 is 4.90 Å². The number of aliphatic hydroxyl groups excluding tert-OH is 1. The van der Waals surface area contributed by atoms with Gasteiger partial charge in [0.1, 0.15) is 5.82 Å². The van der Waals surface area contributed by atoms with E-state index in [-0.39, 0.29) is 0 Å². The molecule has 1 aromatic carbocycles. The molecule has 1 N–H and O–H groups in total. The van der Waals surface area contributed by atoms with Gasteiger partial charge in [-0.05, 0) is 49.2 Å². The van der Waals surface area contributed by atoms with Crippen LogP contribution >= 0.6 is 0 Å². The Kier molecular flexibility index (Phi) is 3.63. The molecule has 1 unspecified atom stereocenters. The second-order valence-corrected chi connectivity index (χ2v) is 4.52. The van der Waals surface area contributed by atoms with Crippen LogP contribution in [-0.2, 0) is 0 Å². The minimum atomic E-state index is -0.474. The second-order valence-electron chi connectivity index (χ2n) is 4.52. The van der Waals surface area contributed by atoms with E-state index in [2.05, 4.69) is 24.0 Å². The predicted octanol–water partition coefficient (Wildman–Crippen LogP) is 3.21. The largest absolute Gasteiger partial charge is 0.389 e. The fraction of sp³-hybridized carbons (Fsp3) is 0.267. The molecule has 94 valence electrons. The number of aryl methyl sites for hydroxylation is 1. The SMILES string of the molecule is Cc1cccc(N(C)c2cc(C(C)O)ccn2)c1. The number of anilines is 2. The zero-order valence-electron chi connectivity index (χ0n) is 11.0. The maximum Gasteiger partial charge on any atom is 0.133 e. The number of aliphatic hydroxyl groups is 1. The average Bonchev–Trinajstić information content (AvgIpc) is 2.38. The number of hydrogen-bond acceptors (Lipinski definition) is 3. The smallest absolute Gasteiger partial charge is 0.133 e. The average molecular weight is 242 g/mol. The Bertz CT molecular complexity index is 538. The van der Waals surface area contributed by atoms with E-state index in [0.717, 1.165) is 17.1 Å². The van der Waals surface area contributed by atoms with Gasteiger partial charge in [-0.25, -0.2) is 4.98 Å². The molecular formula is C15H18N2O. The lowest BCUT2D eigenvalue weighted by Gasteiger charge is -2.19. The Hall–Kier alpha value is -1.87. The summed E-state index contributed by atoms with van der Waals surface area (Å²) in [7, 11) is 1.98. The normalized spacial score (nSPS) is 12.2. The summed E-state index contributed by atoms with van der Waals surface area (Å²) in [6, 6.07) is 12.0. The first-order valence-electron chi connectivity index (χ1n) is 6.02. The molecule has 0 saturated carbocycles. The van der Waals surface area contributed by atoms with Crippen molar-refractivity contribution >= 4 is 11.5 Å². The first kappa shape index (κ1) is 12.6. The van der Waals surface area contributed by atoms with Crippen molar-refractivity contribution in [3.05, 3.63) is 53.7 Å². The van der Waals surface area contributed by atoms with Crippen LogP contribution in [0, 0.1) is 6.92 Å². The maximum absolute atomic E-state index is 9.60. The highest BCUT2D eigenvalue weighted by Gasteiger charge is 2.08. The lowest BCUT2D eigenvalue weighted by Crippen LogP contribution is -2.11. The van der Waals surface area contributed by atoms with Crippen LogP contribution in [0.3, 0.4) is 0 Å². The standard InChI is InChI=1S/C15H18N2O/c1-11-5-4-6-14(9-11)17(3)15-10-13(12(2)18)7-8-16-15/h4-10,12,18H,1-3H3. The van der Waals surface area contributed by atoms with Gasteiger partial charge >= 0.3 is 0 Å². The van der Waals surface area contributed by atoms with Gasteiger partial charge in [0, 0.05) is 18.9 Å². The Morgan fingerprint density at radius 2 is 2.00 bits per heavy atom. The molecule has 1 heterocycles. The molecular weight excluding hydrogens is 224 g/mol. The molecule has 3 heteroatoms. The highest BCUT2D eigenvalue weighted by atomic mass is 16.3. The van der Waals surface area contributed by atoms with Crippen LogP contribution in [0.25, 0.3) is 0 Å². The summed E-state index contributed by atoms with van der Waals surface area (Å²) >= 11 is 0. The second kappa shape index (κ2) is 5.19. The molecule has 2 rings (SSSR count). The summed E-state index contributed by atoms with van der Waals surface area (Å²) < 4.78 is 0. The van der Waals surface area contributed by atoms with Gasteiger partial charge in [0.2, 0.25) is 0 Å². The van der Waals surface area contributed by atoms with Crippen molar-refractivity contribution in [1.29, 1.82) is 0 Å². The molecule has 0 aliphatic carbocycles. The zero-order valence-corrected chi connectivity index (χ0v) is 11.0. The lowest BCUT2D eigenvalue weighted by molar-refractivity contribution is 0.199. The Morgan fingerprint density at radius 3 is 2.67 bits per heavy atom. The molecule has 1 atom stereocenters. The topological polar surface area (TPSA) is 36.4 Å². The fourth-order valence-corrected chi connectivity index (χ4v) is 1.85. The summed E-state index contributed by atoms with van der Waals surface area (Å²) in [5.41, 5.74) is 3.18. The van der Waals surface area contributed by atoms with Gasteiger partial charge < -0.3 is 10.0 Å². The molecule has 0 aliphatic rings. The van der Waals surface area contributed by atoms with E-state index in [1.54, 1.807) is 13.1 Å². The minimum absolute atomic E-state index is 0.474. The van der Waals surface area contributed by atoms with Crippen LogP contribution in [0.2, 0.25) is 0 Å². The van der Waals surface area contributed by atoms with Crippen molar-refractivity contribution in [2.45, 2.75) is 20.0 Å². The molecule has 0 saturated heterocycles. The highest BCUT2D eigenvalue weighted by Crippen LogP contribution is 2.24. The van der Waals surface area contributed by atoms with Crippen molar-refractivity contribution in [1.82, 2.24) is 4.98 Å². The van der Waals surface area contributed by atoms with E-state index in [1.807, 2.05) is 36.2 Å². The molecule has 0 aliphatic heterocycles. The van der Waals surface area contributed by atoms with Gasteiger partial charge in [0.25, 0.3) is 0 Å². The number of nitrogens with zero attached hydrogens (tertiary/aromatic N) is 2. The molecule has 18 heavy (non-hydrogen) atoms. The van der Waals surface area contributed by atoms with Crippen LogP contribution in [0.5, 0.6) is 0 Å². The van der Waals surface area contributed by atoms with Crippen molar-refractivity contribution in [2.24, 2.45) is 0 Å². The van der Waals surface area contributed by atoms with Crippen molar-refractivity contribution in [3.8, 4) is 0 Å². The van der Waals surface area contributed by atoms with E-state index in [1.165, 1.54) is 5.56 Å². The van der Waals surface area contributed by atoms with Gasteiger partial charge in [0.15, 0.2) is 0 Å². The van der Waals surface area contributed by atoms with E-state index < -0.39 is 6.10 Å². The molecule has 1 aromatic heterocycles. The Balaban J connectivity index is 2.33. The monoisotopic (exact) mass is 242 g/mol. The van der Waals surface area contributed by atoms with Gasteiger partial charge in [-0.2, -0.15) is 0 Å². The number of rotatable bonds is 3. The minimum Gasteiger partial charge on any atom is -0.389 e. The molecule has 0 radical (unpaired) electrons. The molecule has 0 amide bonds. The fourth-order valence-electron chi connectivity index (χ4n) is 1.85. The lowest BCUT2D eigenvalue weighted by atomic mass is 10.1. The summed E-state index contributed by atoms with van der Waals surface area (Å²) in [6.45, 7) is 3.82. The predicted molar refractivity (Wildman–Crippen MR) is 74.1 cm³/mol. The van der Waals surface area contributed by atoms with E-state index >= 15 is 0 Å². The molecule has 3 nitrogen and oxygen atoms in total. The first-order valence-corrected chi connectivity index (χ1v) is 6.02. The van der Waals surface area contributed by atoms with Gasteiger partial charge in [-0.3, -0.25) is 0 Å². The highest BCUT2D eigenvalue weighted by molar-refractivity contribution is 5.60. The third kappa shape index (κ3) is 2.68. The van der Waals surface area contributed by atoms with Crippen LogP contribution in [-0.4, -0.2) is 17.1 Å². The van der Waals surface area contributed by atoms with Crippen molar-refractivity contribution in [3.63, 3.8) is 0 Å². The maximum atomic E-state index is 9.60. The van der Waals surface area contributed by atoms with Crippen molar-refractivity contribution in [2.75, 3.05) is 11.9 Å². The first-order chi connectivity index (χ1) is 8.58. The number of benzene rings is 1. The number of aromatic nitrogens is 1. The zero-order chi connectivity index (χ0) is 13.1. The molecule has 0 spiro atoms. The van der Waals surface area contributed by atoms with Crippen LogP contribution in [0.4, 0.5) is 11.5 Å². The Labute approximate surface area is 108 Å². The molecule has 0 bridgehead atoms. The van der Waals surface area contributed by atoms with Crippen LogP contribution in [0.1, 0.15) is 24.2 Å². The van der Waals surface area contributed by atoms with Crippen LogP contribution in [0.15, 0.2) is 42.6 Å². The number of hydrogen-bond donors (Lipinski definition) is 1. The van der Waals surface area contributed by atoms with E-state index in [0.29, 0.717) is 0 Å². The van der Waals surface area contributed by atoms with E-state index in [4.69, 9.17) is 0 Å². The molecule has 2 aromatic rings. The Morgan fingerprint density at radius 1 is 1.22 bits per heavy atom. The summed E-state index contributed by atoms with van der Waals surface area (Å²) in [4.78, 5) is 6.36. The summed E-state index contributed by atoms with van der Waals surface area (Å²) in [5.74, 6) is 0.832. The summed E-state index contributed by atoms with van der Waals surface area (Å²) in [5, 5.41) is 9.60. The number of pyridine rings is 1. The third-order valence-corrected chi connectivity index (χ3v) is 2.98. The van der Waals surface area contributed by atoms with Crippen molar-refractivity contribution < 1.29 is 5.11 Å². The van der Waals surface area contributed by atoms with Gasteiger partial charge in [0.05, 0.1) is 6.10 Å².